The molecule has 0 radical (unpaired) electrons. The van der Waals surface area contributed by atoms with Crippen molar-refractivity contribution in [2.75, 3.05) is 0 Å². The van der Waals surface area contributed by atoms with Crippen LogP contribution < -0.4 is 0 Å². The Morgan fingerprint density at radius 1 is 0.304 bits per heavy atom. The summed E-state index contributed by atoms with van der Waals surface area (Å²) in [5.74, 6) is -7.76. The van der Waals surface area contributed by atoms with Crippen molar-refractivity contribution in [1.82, 2.24) is 19.9 Å². The molecule has 0 N–H and O–H groups in total. The van der Waals surface area contributed by atoms with Crippen molar-refractivity contribution in [3.8, 4) is 67.8 Å². The van der Waals surface area contributed by atoms with Crippen LogP contribution in [0.2, 0.25) is 0 Å². The average Bonchev–Trinajstić information content (AvgIpc) is 3.12. The van der Waals surface area contributed by atoms with E-state index in [2.05, 4.69) is 19.9 Å². The van der Waals surface area contributed by atoms with E-state index in [1.54, 1.807) is 109 Å². The fraction of sp³-hybridized carbons (Fsp3) is 0. The summed E-state index contributed by atoms with van der Waals surface area (Å²) in [5, 5.41) is 0. The molecule has 0 amide bonds. The van der Waals surface area contributed by atoms with E-state index in [1.807, 2.05) is 24.3 Å². The summed E-state index contributed by atoms with van der Waals surface area (Å²) in [4.78, 5) is 17.7. The van der Waals surface area contributed by atoms with Crippen LogP contribution in [0.5, 0.6) is 0 Å². The highest BCUT2D eigenvalue weighted by Crippen LogP contribution is 2.38. The first kappa shape index (κ1) is 28.7. The van der Waals surface area contributed by atoms with E-state index >= 15 is 17.6 Å². The molecule has 0 saturated carbocycles. The Bertz CT molecular complexity index is 1910. The maximum absolute atomic E-state index is 16.7. The number of hydrogen-bond acceptors (Lipinski definition) is 4. The predicted molar refractivity (Wildman–Crippen MR) is 170 cm³/mol. The van der Waals surface area contributed by atoms with Crippen molar-refractivity contribution >= 4 is 0 Å². The molecular weight excluding hydrogens is 588 g/mol. The van der Waals surface area contributed by atoms with Crippen molar-refractivity contribution in [1.29, 1.82) is 0 Å². The Hall–Kier alpha value is -6.02. The minimum absolute atomic E-state index is 0.336. The molecule has 8 heteroatoms. The van der Waals surface area contributed by atoms with Crippen LogP contribution >= 0.6 is 0 Å². The van der Waals surface area contributed by atoms with Crippen LogP contribution in [0.3, 0.4) is 0 Å². The molecule has 0 atom stereocenters. The maximum Gasteiger partial charge on any atom is 0.196 e. The molecule has 0 fully saturated rings. The van der Waals surface area contributed by atoms with E-state index in [9.17, 15) is 0 Å². The van der Waals surface area contributed by atoms with Crippen molar-refractivity contribution < 1.29 is 17.6 Å². The number of benzene rings is 5. The van der Waals surface area contributed by atoms with Crippen LogP contribution in [-0.4, -0.2) is 19.9 Å². The van der Waals surface area contributed by atoms with Gasteiger partial charge in [-0.2, -0.15) is 0 Å². The van der Waals surface area contributed by atoms with Gasteiger partial charge in [-0.15, -0.1) is 0 Å². The molecule has 0 aliphatic carbocycles. The lowest BCUT2D eigenvalue weighted by atomic mass is 10.0. The lowest BCUT2D eigenvalue weighted by Gasteiger charge is -2.15. The molecule has 4 nitrogen and oxygen atoms in total. The van der Waals surface area contributed by atoms with E-state index in [0.717, 1.165) is 0 Å². The predicted octanol–water partition coefficient (Wildman–Crippen LogP) is 9.82. The summed E-state index contributed by atoms with van der Waals surface area (Å²) in [7, 11) is 0. The first-order valence-electron chi connectivity index (χ1n) is 14.3. The zero-order valence-electron chi connectivity index (χ0n) is 24.0. The van der Waals surface area contributed by atoms with Gasteiger partial charge in [-0.3, -0.25) is 0 Å². The Kier molecular flexibility index (Phi) is 7.60. The Labute approximate surface area is 261 Å². The first-order valence-corrected chi connectivity index (χ1v) is 14.3. The molecule has 0 unspecified atom stereocenters. The van der Waals surface area contributed by atoms with Gasteiger partial charge in [0, 0.05) is 22.3 Å². The van der Waals surface area contributed by atoms with Gasteiger partial charge < -0.3 is 0 Å². The summed E-state index contributed by atoms with van der Waals surface area (Å²) in [5.41, 5.74) is 2.03. The Morgan fingerprint density at radius 3 is 0.826 bits per heavy atom. The molecule has 0 aliphatic rings. The second-order valence-corrected chi connectivity index (χ2v) is 10.4. The van der Waals surface area contributed by atoms with E-state index in [4.69, 9.17) is 0 Å². The van der Waals surface area contributed by atoms with Crippen molar-refractivity contribution in [2.45, 2.75) is 0 Å². The van der Waals surface area contributed by atoms with Gasteiger partial charge in [0.15, 0.2) is 34.9 Å². The van der Waals surface area contributed by atoms with E-state index in [0.29, 0.717) is 45.0 Å². The summed E-state index contributed by atoms with van der Waals surface area (Å²) in [6.07, 6.45) is 0. The van der Waals surface area contributed by atoms with Crippen molar-refractivity contribution in [2.24, 2.45) is 0 Å². The van der Waals surface area contributed by atoms with Crippen LogP contribution in [0.25, 0.3) is 67.8 Å². The molecule has 0 bridgehead atoms. The molecule has 0 saturated heterocycles. The van der Waals surface area contributed by atoms with Gasteiger partial charge in [-0.1, -0.05) is 121 Å². The van der Waals surface area contributed by atoms with Crippen LogP contribution in [0.4, 0.5) is 17.6 Å². The van der Waals surface area contributed by atoms with Gasteiger partial charge in [-0.05, 0) is 12.1 Å². The Balaban J connectivity index is 1.49. The molecule has 5 aromatic carbocycles. The molecule has 7 rings (SSSR count). The van der Waals surface area contributed by atoms with Crippen LogP contribution in [0.1, 0.15) is 0 Å². The molecule has 7 aromatic rings. The fourth-order valence-electron chi connectivity index (χ4n) is 5.17. The quantitative estimate of drug-likeness (QED) is 0.107. The minimum Gasteiger partial charge on any atom is -0.228 e. The van der Waals surface area contributed by atoms with Gasteiger partial charge in [0.25, 0.3) is 0 Å². The highest BCUT2D eigenvalue weighted by molar-refractivity contribution is 5.77. The lowest BCUT2D eigenvalue weighted by Crippen LogP contribution is -2.08. The largest absolute Gasteiger partial charge is 0.228 e. The summed E-state index contributed by atoms with van der Waals surface area (Å²) in [6.45, 7) is 0. The minimum atomic E-state index is -1.89. The van der Waals surface area contributed by atoms with Gasteiger partial charge in [0.2, 0.25) is 0 Å². The molecule has 2 aromatic heterocycles. The van der Waals surface area contributed by atoms with Gasteiger partial charge in [-0.25, -0.2) is 37.5 Å². The molecule has 222 valence electrons. The van der Waals surface area contributed by atoms with E-state index in [1.165, 1.54) is 0 Å². The van der Waals surface area contributed by atoms with E-state index < -0.39 is 46.0 Å². The van der Waals surface area contributed by atoms with Crippen molar-refractivity contribution in [3.63, 3.8) is 0 Å². The van der Waals surface area contributed by atoms with Crippen LogP contribution in [-0.2, 0) is 0 Å². The topological polar surface area (TPSA) is 51.6 Å². The third-order valence-corrected chi connectivity index (χ3v) is 7.44. The van der Waals surface area contributed by atoms with Crippen LogP contribution in [0.15, 0.2) is 133 Å². The summed E-state index contributed by atoms with van der Waals surface area (Å²) in [6, 6.07) is 39.1. The molecule has 0 aliphatic heterocycles. The smallest absolute Gasteiger partial charge is 0.196 e. The summed E-state index contributed by atoms with van der Waals surface area (Å²) >= 11 is 0. The highest BCUT2D eigenvalue weighted by atomic mass is 19.2. The lowest BCUT2D eigenvalue weighted by molar-refractivity contribution is 0.439. The third-order valence-electron chi connectivity index (χ3n) is 7.44. The Morgan fingerprint density at radius 2 is 0.565 bits per heavy atom. The SMILES string of the molecule is Fc1c(F)c(-c2nc(-c3ccccc3)cc(-c3ccccc3)n2)c(F)c(-c2nc(-c3ccccc3)cc(-c3ccccc3)n2)c1F. The third kappa shape index (κ3) is 5.41. The van der Waals surface area contributed by atoms with Gasteiger partial charge in [0.05, 0.1) is 33.9 Å². The standard InChI is InChI=1S/C38H22F4N4/c39-33-31(37-43-27(23-13-5-1-6-14-23)21-28(44-37)24-15-7-2-8-16-24)34(40)36(42)35(41)32(33)38-45-29(25-17-9-3-10-18-25)22-30(46-38)26-19-11-4-12-20-26/h1-22H. The average molecular weight is 611 g/mol. The molecule has 0 spiro atoms. The normalized spacial score (nSPS) is 11.0. The second kappa shape index (κ2) is 12.2. The molecule has 2 heterocycles. The number of nitrogens with zero attached hydrogens (tertiary/aromatic N) is 4. The van der Waals surface area contributed by atoms with Crippen LogP contribution in [0, 0.1) is 23.3 Å². The number of hydrogen-bond donors (Lipinski definition) is 0. The van der Waals surface area contributed by atoms with Crippen molar-refractivity contribution in [3.05, 3.63) is 157 Å². The highest BCUT2D eigenvalue weighted by Gasteiger charge is 2.31. The first-order chi connectivity index (χ1) is 22.5. The molecule has 46 heavy (non-hydrogen) atoms. The van der Waals surface area contributed by atoms with Gasteiger partial charge >= 0.3 is 0 Å². The monoisotopic (exact) mass is 610 g/mol. The van der Waals surface area contributed by atoms with E-state index in [-0.39, 0.29) is 0 Å². The zero-order chi connectivity index (χ0) is 31.6. The number of halogens is 4. The number of rotatable bonds is 6. The maximum atomic E-state index is 16.7. The molecular formula is C38H22F4N4. The van der Waals surface area contributed by atoms with Gasteiger partial charge in [0.1, 0.15) is 0 Å². The second-order valence-electron chi connectivity index (χ2n) is 10.4. The fourth-order valence-corrected chi connectivity index (χ4v) is 5.17. The number of aromatic nitrogens is 4. The summed E-state index contributed by atoms with van der Waals surface area (Å²) < 4.78 is 63.5. The zero-order valence-corrected chi connectivity index (χ0v) is 24.0.